The van der Waals surface area contributed by atoms with Crippen molar-refractivity contribution in [2.24, 2.45) is 0 Å². The normalized spacial score (nSPS) is 46.2. The summed E-state index contributed by atoms with van der Waals surface area (Å²) in [6.45, 7) is 12.5. The van der Waals surface area contributed by atoms with Crippen molar-refractivity contribution in [1.29, 1.82) is 0 Å². The molecule has 0 aromatic carbocycles. The van der Waals surface area contributed by atoms with Gasteiger partial charge in [0.1, 0.15) is 17.5 Å². The third-order valence-corrected chi connectivity index (χ3v) is 5.90. The first-order chi connectivity index (χ1) is 11.9. The maximum absolute atomic E-state index is 12.3. The average molecular weight is 362 g/mol. The molecule has 5 atom stereocenters. The Morgan fingerprint density at radius 1 is 1.35 bits per heavy atom. The molecule has 0 unspecified atom stereocenters. The first-order valence-corrected chi connectivity index (χ1v) is 8.59. The van der Waals surface area contributed by atoms with Crippen molar-refractivity contribution in [2.75, 3.05) is 0 Å². The van der Waals surface area contributed by atoms with Crippen LogP contribution < -0.4 is 0 Å². The predicted molar refractivity (Wildman–Crippen MR) is 88.5 cm³/mol. The number of ether oxygens (including phenoxy) is 4. The van der Waals surface area contributed by atoms with Crippen molar-refractivity contribution in [2.45, 2.75) is 68.7 Å². The van der Waals surface area contributed by atoms with Crippen molar-refractivity contribution >= 4 is 11.9 Å². The maximum atomic E-state index is 12.3. The minimum atomic E-state index is -1.59. The Bertz CT molecular complexity index is 798. The van der Waals surface area contributed by atoms with Crippen LogP contribution in [0.2, 0.25) is 0 Å². The van der Waals surface area contributed by atoms with Gasteiger partial charge in [0.15, 0.2) is 11.4 Å². The number of esters is 2. The molecule has 0 aromatic rings. The summed E-state index contributed by atoms with van der Waals surface area (Å²) in [6.07, 6.45) is 1.71. The van der Waals surface area contributed by atoms with Gasteiger partial charge in [0.25, 0.3) is 0 Å². The monoisotopic (exact) mass is 362 g/mol. The van der Waals surface area contributed by atoms with E-state index in [1.54, 1.807) is 13.0 Å². The highest BCUT2D eigenvalue weighted by Crippen LogP contribution is 2.60. The molecule has 7 nitrogen and oxygen atoms in total. The Morgan fingerprint density at radius 2 is 2.04 bits per heavy atom. The Morgan fingerprint density at radius 3 is 2.69 bits per heavy atom. The number of carbonyl (C=O) groups excluding carboxylic acids is 2. The topological polar surface area (TPSA) is 91.3 Å². The van der Waals surface area contributed by atoms with E-state index >= 15 is 0 Å². The quantitative estimate of drug-likeness (QED) is 0.590. The minimum absolute atomic E-state index is 0.0421. The highest BCUT2D eigenvalue weighted by atomic mass is 16.7. The van der Waals surface area contributed by atoms with Gasteiger partial charge in [0, 0.05) is 18.4 Å². The van der Waals surface area contributed by atoms with Gasteiger partial charge in [-0.3, -0.25) is 0 Å². The van der Waals surface area contributed by atoms with Crippen molar-refractivity contribution in [3.8, 4) is 0 Å². The smallest absolute Gasteiger partial charge is 0.342 e. The van der Waals surface area contributed by atoms with Gasteiger partial charge in [-0.25, -0.2) is 9.59 Å². The molecule has 0 amide bonds. The van der Waals surface area contributed by atoms with E-state index in [9.17, 15) is 14.7 Å². The summed E-state index contributed by atoms with van der Waals surface area (Å²) in [5, 5.41) is 11.2. The zero-order valence-electron chi connectivity index (χ0n) is 15.1. The van der Waals surface area contributed by atoms with E-state index in [1.165, 1.54) is 6.92 Å². The molecule has 26 heavy (non-hydrogen) atoms. The Kier molecular flexibility index (Phi) is 3.26. The van der Waals surface area contributed by atoms with Crippen LogP contribution in [0, 0.1) is 0 Å². The summed E-state index contributed by atoms with van der Waals surface area (Å²) >= 11 is 0. The molecule has 4 bridgehead atoms. The first kappa shape index (κ1) is 17.5. The molecule has 4 heterocycles. The highest BCUT2D eigenvalue weighted by Gasteiger charge is 2.73. The van der Waals surface area contributed by atoms with Crippen LogP contribution in [0.1, 0.15) is 40.0 Å². The summed E-state index contributed by atoms with van der Waals surface area (Å²) in [5.74, 6) is -2.66. The van der Waals surface area contributed by atoms with E-state index in [1.807, 2.05) is 6.92 Å². The lowest BCUT2D eigenvalue weighted by molar-refractivity contribution is -0.309. The van der Waals surface area contributed by atoms with Gasteiger partial charge >= 0.3 is 11.9 Å². The molecular weight excluding hydrogens is 340 g/mol. The second-order valence-corrected chi connectivity index (χ2v) is 8.02. The summed E-state index contributed by atoms with van der Waals surface area (Å²) in [6, 6.07) is 0. The van der Waals surface area contributed by atoms with Gasteiger partial charge in [-0.15, -0.1) is 0 Å². The number of hydrogen-bond acceptors (Lipinski definition) is 7. The van der Waals surface area contributed by atoms with Crippen LogP contribution in [-0.2, 0) is 28.5 Å². The number of fused-ring (bicyclic) bond motifs is 4. The van der Waals surface area contributed by atoms with Crippen LogP contribution in [0.5, 0.6) is 0 Å². The number of hydrogen-bond donors (Lipinski definition) is 1. The molecule has 4 aliphatic rings. The fourth-order valence-corrected chi connectivity index (χ4v) is 4.35. The summed E-state index contributed by atoms with van der Waals surface area (Å²) in [5.41, 5.74) is -3.27. The zero-order chi connectivity index (χ0) is 19.1. The second kappa shape index (κ2) is 4.85. The molecule has 140 valence electrons. The Labute approximate surface area is 151 Å². The Balaban J connectivity index is 1.91. The molecule has 1 spiro atoms. The SMILES string of the molecule is C=C(C)C(=O)O[C@H]1C[C@@]2(C)O[C@@]13C(=C)C(=O)OC3=C[C@@]1(C)CC[C@]2(O)O1. The highest BCUT2D eigenvalue weighted by molar-refractivity contribution is 5.96. The number of aliphatic hydroxyl groups is 1. The van der Waals surface area contributed by atoms with E-state index in [2.05, 4.69) is 13.2 Å². The van der Waals surface area contributed by atoms with E-state index in [0.29, 0.717) is 12.8 Å². The molecule has 1 N–H and O–H groups in total. The van der Waals surface area contributed by atoms with Crippen molar-refractivity contribution < 1.29 is 33.6 Å². The lowest BCUT2D eigenvalue weighted by Gasteiger charge is -2.42. The van der Waals surface area contributed by atoms with E-state index < -0.39 is 40.6 Å². The van der Waals surface area contributed by atoms with Crippen molar-refractivity contribution in [3.63, 3.8) is 0 Å². The lowest BCUT2D eigenvalue weighted by Crippen LogP contribution is -2.55. The van der Waals surface area contributed by atoms with Crippen molar-refractivity contribution in [3.05, 3.63) is 36.1 Å². The van der Waals surface area contributed by atoms with Crippen LogP contribution in [0.3, 0.4) is 0 Å². The van der Waals surface area contributed by atoms with Crippen LogP contribution in [0.25, 0.3) is 0 Å². The molecule has 7 heteroatoms. The number of rotatable bonds is 2. The molecule has 4 aliphatic heterocycles. The Hall–Kier alpha value is -1.96. The fourth-order valence-electron chi connectivity index (χ4n) is 4.35. The molecule has 0 aromatic heterocycles. The summed E-state index contributed by atoms with van der Waals surface area (Å²) in [4.78, 5) is 24.5. The van der Waals surface area contributed by atoms with E-state index in [4.69, 9.17) is 18.9 Å². The summed E-state index contributed by atoms with van der Waals surface area (Å²) in [7, 11) is 0. The molecule has 0 radical (unpaired) electrons. The van der Waals surface area contributed by atoms with Gasteiger partial charge in [0.05, 0.1) is 11.2 Å². The van der Waals surface area contributed by atoms with Crippen LogP contribution in [0.4, 0.5) is 0 Å². The van der Waals surface area contributed by atoms with E-state index in [0.717, 1.165) is 0 Å². The van der Waals surface area contributed by atoms with Gasteiger partial charge in [-0.05, 0) is 33.3 Å². The van der Waals surface area contributed by atoms with Gasteiger partial charge in [-0.1, -0.05) is 13.2 Å². The molecule has 0 aliphatic carbocycles. The zero-order valence-corrected chi connectivity index (χ0v) is 15.1. The fraction of sp³-hybridized carbons (Fsp3) is 0.579. The molecule has 4 rings (SSSR count). The van der Waals surface area contributed by atoms with Crippen LogP contribution >= 0.6 is 0 Å². The standard InChI is InChI=1S/C19H22O7/c1-10(2)14(20)23-13-9-17(5)18(22)7-6-16(4,25-18)8-12-19(13,26-17)11(3)15(21)24-12/h8,13,22H,1,3,6-7,9H2,2,4-5H3/t13-,16+,17+,18-,19+/m0/s1. The van der Waals surface area contributed by atoms with Gasteiger partial charge in [0.2, 0.25) is 0 Å². The third-order valence-electron chi connectivity index (χ3n) is 5.90. The number of carbonyl (C=O) groups is 2. The van der Waals surface area contributed by atoms with Crippen LogP contribution in [-0.4, -0.2) is 45.7 Å². The minimum Gasteiger partial charge on any atom is -0.455 e. The van der Waals surface area contributed by atoms with Crippen molar-refractivity contribution in [1.82, 2.24) is 0 Å². The maximum Gasteiger partial charge on any atom is 0.342 e. The summed E-state index contributed by atoms with van der Waals surface area (Å²) < 4.78 is 23.3. The molecule has 3 saturated heterocycles. The average Bonchev–Trinajstić information content (AvgIpc) is 3.10. The second-order valence-electron chi connectivity index (χ2n) is 8.02. The lowest BCUT2D eigenvalue weighted by atomic mass is 9.82. The molecule has 0 saturated carbocycles. The molecule has 3 fully saturated rings. The van der Waals surface area contributed by atoms with Gasteiger partial charge < -0.3 is 24.1 Å². The molecular formula is C19H22O7. The van der Waals surface area contributed by atoms with E-state index in [-0.39, 0.29) is 23.3 Å². The van der Waals surface area contributed by atoms with Crippen LogP contribution in [0.15, 0.2) is 36.1 Å². The predicted octanol–water partition coefficient (Wildman–Crippen LogP) is 1.66. The first-order valence-electron chi connectivity index (χ1n) is 8.59. The third kappa shape index (κ3) is 1.99. The largest absolute Gasteiger partial charge is 0.455 e. The van der Waals surface area contributed by atoms with Gasteiger partial charge in [-0.2, -0.15) is 0 Å².